The lowest BCUT2D eigenvalue weighted by Crippen LogP contribution is -2.24. The first-order chi connectivity index (χ1) is 8.28. The van der Waals surface area contributed by atoms with E-state index in [9.17, 15) is 0 Å². The van der Waals surface area contributed by atoms with Crippen molar-refractivity contribution < 1.29 is 4.74 Å². The molecule has 1 aliphatic heterocycles. The van der Waals surface area contributed by atoms with Crippen molar-refractivity contribution in [2.75, 3.05) is 37.4 Å². The fraction of sp³-hybridized carbons (Fsp3) is 0.667. The van der Waals surface area contributed by atoms with Gasteiger partial charge in [0, 0.05) is 32.0 Å². The van der Waals surface area contributed by atoms with Gasteiger partial charge in [-0.1, -0.05) is 0 Å². The molecule has 1 unspecified atom stereocenters. The lowest BCUT2D eigenvalue weighted by Gasteiger charge is -2.22. The molecule has 1 aromatic rings. The third kappa shape index (κ3) is 3.56. The van der Waals surface area contributed by atoms with Gasteiger partial charge in [-0.05, 0) is 25.7 Å². The molecular formula is C12H20N4O. The molecule has 0 aromatic carbocycles. The van der Waals surface area contributed by atoms with Gasteiger partial charge >= 0.3 is 0 Å². The van der Waals surface area contributed by atoms with Crippen LogP contribution >= 0.6 is 0 Å². The molecule has 0 amide bonds. The summed E-state index contributed by atoms with van der Waals surface area (Å²) < 4.78 is 5.45. The standard InChI is InChI=1S/C12H20N4O/c1-9-6-11(16-12(13-2)15-9)14-7-10-4-3-5-17-8-10/h6,10H,3-5,7-8H2,1-2H3,(H2,13,14,15,16). The third-order valence-electron chi connectivity index (χ3n) is 2.90. The number of hydrogen-bond donors (Lipinski definition) is 2. The summed E-state index contributed by atoms with van der Waals surface area (Å²) in [4.78, 5) is 8.62. The molecule has 17 heavy (non-hydrogen) atoms. The van der Waals surface area contributed by atoms with E-state index in [2.05, 4.69) is 20.6 Å². The Labute approximate surface area is 102 Å². The van der Waals surface area contributed by atoms with E-state index in [0.717, 1.165) is 37.7 Å². The van der Waals surface area contributed by atoms with Crippen molar-refractivity contribution in [1.82, 2.24) is 9.97 Å². The monoisotopic (exact) mass is 236 g/mol. The van der Waals surface area contributed by atoms with Crippen LogP contribution in [-0.2, 0) is 4.74 Å². The summed E-state index contributed by atoms with van der Waals surface area (Å²) in [6.07, 6.45) is 2.40. The molecule has 5 heteroatoms. The van der Waals surface area contributed by atoms with Gasteiger partial charge in [0.15, 0.2) is 0 Å². The van der Waals surface area contributed by atoms with Gasteiger partial charge in [-0.3, -0.25) is 0 Å². The molecule has 1 aliphatic rings. The van der Waals surface area contributed by atoms with Crippen LogP contribution in [0.2, 0.25) is 0 Å². The zero-order chi connectivity index (χ0) is 12.1. The number of hydrogen-bond acceptors (Lipinski definition) is 5. The van der Waals surface area contributed by atoms with Gasteiger partial charge in [-0.25, -0.2) is 4.98 Å². The zero-order valence-corrected chi connectivity index (χ0v) is 10.5. The highest BCUT2D eigenvalue weighted by Crippen LogP contribution is 2.15. The van der Waals surface area contributed by atoms with Crippen LogP contribution in [0.1, 0.15) is 18.5 Å². The number of nitrogens with zero attached hydrogens (tertiary/aromatic N) is 2. The molecule has 1 fully saturated rings. The average Bonchev–Trinajstić information content (AvgIpc) is 2.37. The van der Waals surface area contributed by atoms with Crippen LogP contribution in [0.3, 0.4) is 0 Å². The van der Waals surface area contributed by atoms with Crippen molar-refractivity contribution in [3.05, 3.63) is 11.8 Å². The Balaban J connectivity index is 1.91. The molecule has 1 saturated heterocycles. The molecule has 2 N–H and O–H groups in total. The fourth-order valence-corrected chi connectivity index (χ4v) is 1.99. The van der Waals surface area contributed by atoms with Crippen molar-refractivity contribution in [3.8, 4) is 0 Å². The zero-order valence-electron chi connectivity index (χ0n) is 10.5. The SMILES string of the molecule is CNc1nc(C)cc(NCC2CCCOC2)n1. The summed E-state index contributed by atoms with van der Waals surface area (Å²) in [5.41, 5.74) is 0.965. The Bertz CT molecular complexity index is 364. The number of nitrogens with one attached hydrogen (secondary N) is 2. The molecule has 0 spiro atoms. The van der Waals surface area contributed by atoms with E-state index in [-0.39, 0.29) is 0 Å². The van der Waals surface area contributed by atoms with Crippen molar-refractivity contribution in [2.24, 2.45) is 5.92 Å². The Morgan fingerprint density at radius 1 is 1.47 bits per heavy atom. The van der Waals surface area contributed by atoms with Gasteiger partial charge in [0.2, 0.25) is 5.95 Å². The first kappa shape index (κ1) is 12.1. The number of aromatic nitrogens is 2. The van der Waals surface area contributed by atoms with Gasteiger partial charge in [0.05, 0.1) is 6.61 Å². The van der Waals surface area contributed by atoms with Crippen LogP contribution in [-0.4, -0.2) is 36.8 Å². The Morgan fingerprint density at radius 2 is 2.35 bits per heavy atom. The molecule has 0 aliphatic carbocycles. The predicted molar refractivity (Wildman–Crippen MR) is 68.3 cm³/mol. The summed E-state index contributed by atoms with van der Waals surface area (Å²) in [6, 6.07) is 1.96. The lowest BCUT2D eigenvalue weighted by atomic mass is 10.0. The quantitative estimate of drug-likeness (QED) is 0.832. The van der Waals surface area contributed by atoms with Crippen LogP contribution in [0, 0.1) is 12.8 Å². The first-order valence-electron chi connectivity index (χ1n) is 6.13. The Morgan fingerprint density at radius 3 is 3.06 bits per heavy atom. The topological polar surface area (TPSA) is 59.1 Å². The van der Waals surface area contributed by atoms with Crippen LogP contribution in [0.15, 0.2) is 6.07 Å². The molecule has 2 rings (SSSR count). The van der Waals surface area contributed by atoms with Crippen molar-refractivity contribution in [2.45, 2.75) is 19.8 Å². The van der Waals surface area contributed by atoms with E-state index in [0.29, 0.717) is 11.9 Å². The van der Waals surface area contributed by atoms with Crippen molar-refractivity contribution in [1.29, 1.82) is 0 Å². The molecular weight excluding hydrogens is 216 g/mol. The molecule has 94 valence electrons. The number of aryl methyl sites for hydroxylation is 1. The largest absolute Gasteiger partial charge is 0.381 e. The Kier molecular flexibility index (Phi) is 4.14. The van der Waals surface area contributed by atoms with E-state index in [4.69, 9.17) is 4.74 Å². The maximum atomic E-state index is 5.45. The fourth-order valence-electron chi connectivity index (χ4n) is 1.99. The third-order valence-corrected chi connectivity index (χ3v) is 2.90. The highest BCUT2D eigenvalue weighted by atomic mass is 16.5. The summed E-state index contributed by atoms with van der Waals surface area (Å²) in [6.45, 7) is 4.65. The van der Waals surface area contributed by atoms with Crippen LogP contribution in [0.25, 0.3) is 0 Å². The highest BCUT2D eigenvalue weighted by Gasteiger charge is 2.13. The Hall–Kier alpha value is -1.36. The van der Waals surface area contributed by atoms with E-state index in [1.54, 1.807) is 0 Å². The smallest absolute Gasteiger partial charge is 0.224 e. The second-order valence-corrected chi connectivity index (χ2v) is 4.43. The predicted octanol–water partition coefficient (Wildman–Crippen LogP) is 1.67. The molecule has 0 saturated carbocycles. The lowest BCUT2D eigenvalue weighted by molar-refractivity contribution is 0.0595. The van der Waals surface area contributed by atoms with Crippen molar-refractivity contribution >= 4 is 11.8 Å². The normalized spacial score (nSPS) is 20.0. The minimum absolute atomic E-state index is 0.594. The molecule has 5 nitrogen and oxygen atoms in total. The maximum absolute atomic E-state index is 5.45. The minimum atomic E-state index is 0.594. The van der Waals surface area contributed by atoms with Crippen molar-refractivity contribution in [3.63, 3.8) is 0 Å². The second-order valence-electron chi connectivity index (χ2n) is 4.43. The van der Waals surface area contributed by atoms with Gasteiger partial charge in [-0.2, -0.15) is 4.98 Å². The van der Waals surface area contributed by atoms with Crippen LogP contribution < -0.4 is 10.6 Å². The number of rotatable bonds is 4. The van der Waals surface area contributed by atoms with Gasteiger partial charge in [0.25, 0.3) is 0 Å². The van der Waals surface area contributed by atoms with E-state index in [1.165, 1.54) is 6.42 Å². The summed E-state index contributed by atoms with van der Waals surface area (Å²) in [5, 5.41) is 6.32. The van der Waals surface area contributed by atoms with Gasteiger partial charge in [-0.15, -0.1) is 0 Å². The van der Waals surface area contributed by atoms with E-state index >= 15 is 0 Å². The molecule has 0 bridgehead atoms. The first-order valence-corrected chi connectivity index (χ1v) is 6.13. The molecule has 0 radical (unpaired) electrons. The van der Waals surface area contributed by atoms with Gasteiger partial charge in [0.1, 0.15) is 5.82 Å². The van der Waals surface area contributed by atoms with Crippen LogP contribution in [0.5, 0.6) is 0 Å². The average molecular weight is 236 g/mol. The summed E-state index contributed by atoms with van der Waals surface area (Å²) >= 11 is 0. The maximum Gasteiger partial charge on any atom is 0.224 e. The second kappa shape index (κ2) is 5.82. The van der Waals surface area contributed by atoms with Gasteiger partial charge < -0.3 is 15.4 Å². The molecule has 1 aromatic heterocycles. The number of anilines is 2. The van der Waals surface area contributed by atoms with Crippen LogP contribution in [0.4, 0.5) is 11.8 Å². The summed E-state index contributed by atoms with van der Waals surface area (Å²) in [7, 11) is 1.83. The number of ether oxygens (including phenoxy) is 1. The summed E-state index contributed by atoms with van der Waals surface area (Å²) in [5.74, 6) is 2.14. The van der Waals surface area contributed by atoms with E-state index < -0.39 is 0 Å². The minimum Gasteiger partial charge on any atom is -0.381 e. The molecule has 1 atom stereocenters. The highest BCUT2D eigenvalue weighted by molar-refractivity contribution is 5.41. The van der Waals surface area contributed by atoms with E-state index in [1.807, 2.05) is 20.0 Å². The molecule has 2 heterocycles.